The van der Waals surface area contributed by atoms with Crippen LogP contribution in [0, 0.1) is 5.92 Å². The second kappa shape index (κ2) is 8.37. The normalized spacial score (nSPS) is 15.7. The van der Waals surface area contributed by atoms with Gasteiger partial charge in [-0.3, -0.25) is 0 Å². The SMILES string of the molecule is CC1CCN(C(=O)OC(C)(C)C)CC1.FC(F)c1ccn2ncnc2n1. The highest BCUT2D eigenvalue weighted by Gasteiger charge is 2.25. The molecule has 2 aromatic rings. The molecular formula is C17H25F2N5O2. The molecule has 1 aliphatic rings. The maximum absolute atomic E-state index is 12.1. The second-order valence-corrected chi connectivity index (χ2v) is 7.31. The third-order valence-corrected chi connectivity index (χ3v) is 3.83. The Labute approximate surface area is 151 Å². The van der Waals surface area contributed by atoms with Crippen molar-refractivity contribution in [3.05, 3.63) is 24.3 Å². The van der Waals surface area contributed by atoms with Crippen LogP contribution in [0.25, 0.3) is 5.78 Å². The molecule has 26 heavy (non-hydrogen) atoms. The number of piperidine rings is 1. The summed E-state index contributed by atoms with van der Waals surface area (Å²) in [4.78, 5) is 20.7. The first-order chi connectivity index (χ1) is 12.2. The number of likely N-dealkylation sites (tertiary alicyclic amines) is 1. The van der Waals surface area contributed by atoms with Crippen LogP contribution < -0.4 is 0 Å². The maximum Gasteiger partial charge on any atom is 0.410 e. The molecule has 3 heterocycles. The van der Waals surface area contributed by atoms with Crippen LogP contribution >= 0.6 is 0 Å². The molecule has 1 fully saturated rings. The largest absolute Gasteiger partial charge is 0.444 e. The number of aromatic nitrogens is 4. The zero-order valence-corrected chi connectivity index (χ0v) is 15.5. The molecule has 1 aliphatic heterocycles. The van der Waals surface area contributed by atoms with Crippen molar-refractivity contribution >= 4 is 11.9 Å². The van der Waals surface area contributed by atoms with Crippen LogP contribution in [0.1, 0.15) is 52.7 Å². The molecule has 9 heteroatoms. The number of halogens is 2. The Bertz CT molecular complexity index is 721. The molecule has 0 saturated carbocycles. The number of rotatable bonds is 1. The van der Waals surface area contributed by atoms with E-state index in [0.717, 1.165) is 31.8 Å². The minimum absolute atomic E-state index is 0.163. The summed E-state index contributed by atoms with van der Waals surface area (Å²) in [6.45, 7) is 9.62. The van der Waals surface area contributed by atoms with E-state index in [1.165, 1.54) is 23.1 Å². The molecule has 1 amide bonds. The Morgan fingerprint density at radius 2 is 1.96 bits per heavy atom. The summed E-state index contributed by atoms with van der Waals surface area (Å²) >= 11 is 0. The Balaban J connectivity index is 0.000000189. The number of carbonyl (C=O) groups is 1. The molecule has 0 spiro atoms. The van der Waals surface area contributed by atoms with Crippen molar-refractivity contribution in [3.8, 4) is 0 Å². The van der Waals surface area contributed by atoms with Crippen LogP contribution in [0.2, 0.25) is 0 Å². The van der Waals surface area contributed by atoms with E-state index in [-0.39, 0.29) is 23.2 Å². The molecule has 0 atom stereocenters. The van der Waals surface area contributed by atoms with E-state index in [9.17, 15) is 13.6 Å². The fourth-order valence-corrected chi connectivity index (χ4v) is 2.37. The Morgan fingerprint density at radius 3 is 2.54 bits per heavy atom. The van der Waals surface area contributed by atoms with Crippen molar-refractivity contribution in [2.75, 3.05) is 13.1 Å². The highest BCUT2D eigenvalue weighted by atomic mass is 19.3. The van der Waals surface area contributed by atoms with Gasteiger partial charge in [0, 0.05) is 19.3 Å². The highest BCUT2D eigenvalue weighted by molar-refractivity contribution is 5.68. The summed E-state index contributed by atoms with van der Waals surface area (Å²) in [5, 5.41) is 3.72. The first-order valence-electron chi connectivity index (χ1n) is 8.58. The van der Waals surface area contributed by atoms with E-state index < -0.39 is 6.43 Å². The van der Waals surface area contributed by atoms with E-state index >= 15 is 0 Å². The molecule has 144 valence electrons. The van der Waals surface area contributed by atoms with Crippen molar-refractivity contribution in [1.82, 2.24) is 24.5 Å². The number of hydrogen-bond donors (Lipinski definition) is 0. The van der Waals surface area contributed by atoms with Gasteiger partial charge in [0.05, 0.1) is 0 Å². The maximum atomic E-state index is 12.1. The summed E-state index contributed by atoms with van der Waals surface area (Å²) in [5.41, 5.74) is -0.657. The average molecular weight is 369 g/mol. The zero-order valence-electron chi connectivity index (χ0n) is 15.5. The van der Waals surface area contributed by atoms with E-state index in [1.54, 1.807) is 0 Å². The Kier molecular flexibility index (Phi) is 6.44. The van der Waals surface area contributed by atoms with Crippen molar-refractivity contribution in [2.24, 2.45) is 5.92 Å². The van der Waals surface area contributed by atoms with Gasteiger partial charge in [0.25, 0.3) is 12.2 Å². The Hall–Kier alpha value is -2.32. The van der Waals surface area contributed by atoms with E-state index in [4.69, 9.17) is 4.74 Å². The summed E-state index contributed by atoms with van der Waals surface area (Å²) in [7, 11) is 0. The van der Waals surface area contributed by atoms with Crippen molar-refractivity contribution < 1.29 is 18.3 Å². The third kappa shape index (κ3) is 5.89. The lowest BCUT2D eigenvalue weighted by Crippen LogP contribution is -2.41. The van der Waals surface area contributed by atoms with Gasteiger partial charge >= 0.3 is 6.09 Å². The molecule has 3 rings (SSSR count). The molecule has 0 aliphatic carbocycles. The molecular weight excluding hydrogens is 344 g/mol. The second-order valence-electron chi connectivity index (χ2n) is 7.31. The van der Waals surface area contributed by atoms with Crippen molar-refractivity contribution in [1.29, 1.82) is 0 Å². The van der Waals surface area contributed by atoms with Crippen molar-refractivity contribution in [3.63, 3.8) is 0 Å². The average Bonchev–Trinajstić information content (AvgIpc) is 3.02. The summed E-state index contributed by atoms with van der Waals surface area (Å²) in [6, 6.07) is 1.21. The number of fused-ring (bicyclic) bond motifs is 1. The summed E-state index contributed by atoms with van der Waals surface area (Å²) < 4.78 is 30.8. The predicted molar refractivity (Wildman–Crippen MR) is 91.9 cm³/mol. The molecule has 0 unspecified atom stereocenters. The zero-order chi connectivity index (χ0) is 19.3. The molecule has 1 saturated heterocycles. The number of hydrogen-bond acceptors (Lipinski definition) is 5. The van der Waals surface area contributed by atoms with Crippen LogP contribution in [-0.2, 0) is 4.74 Å². The lowest BCUT2D eigenvalue weighted by Gasteiger charge is -2.32. The molecule has 0 bridgehead atoms. The van der Waals surface area contributed by atoms with E-state index in [0.29, 0.717) is 0 Å². The van der Waals surface area contributed by atoms with Gasteiger partial charge in [0.15, 0.2) is 0 Å². The highest BCUT2D eigenvalue weighted by Crippen LogP contribution is 2.18. The standard InChI is InChI=1S/C11H21NO2.C6H4F2N4/c1-9-5-7-12(8-6-9)10(13)14-11(2,3)4;7-5(8)4-1-2-12-6(11-4)9-3-10-12/h9H,5-8H2,1-4H3;1-3,5H. The number of carbonyl (C=O) groups excluding carboxylic acids is 1. The van der Waals surface area contributed by atoms with Crippen LogP contribution in [0.5, 0.6) is 0 Å². The topological polar surface area (TPSA) is 72.6 Å². The third-order valence-electron chi connectivity index (χ3n) is 3.83. The van der Waals surface area contributed by atoms with Gasteiger partial charge in [-0.15, -0.1) is 0 Å². The number of amides is 1. The quantitative estimate of drug-likeness (QED) is 0.766. The van der Waals surface area contributed by atoms with Crippen LogP contribution in [0.4, 0.5) is 13.6 Å². The van der Waals surface area contributed by atoms with Gasteiger partial charge in [0.1, 0.15) is 17.6 Å². The molecule has 0 N–H and O–H groups in total. The lowest BCUT2D eigenvalue weighted by molar-refractivity contribution is 0.0190. The van der Waals surface area contributed by atoms with Gasteiger partial charge in [-0.2, -0.15) is 10.1 Å². The monoisotopic (exact) mass is 369 g/mol. The van der Waals surface area contributed by atoms with Gasteiger partial charge in [0.2, 0.25) is 0 Å². The predicted octanol–water partition coefficient (Wildman–Crippen LogP) is 3.72. The van der Waals surface area contributed by atoms with Gasteiger partial charge in [-0.05, 0) is 45.6 Å². The minimum atomic E-state index is -2.56. The number of nitrogens with zero attached hydrogens (tertiary/aromatic N) is 5. The number of ether oxygens (including phenoxy) is 1. The van der Waals surface area contributed by atoms with Crippen LogP contribution in [0.3, 0.4) is 0 Å². The van der Waals surface area contributed by atoms with Crippen LogP contribution in [-0.4, -0.2) is 49.3 Å². The lowest BCUT2D eigenvalue weighted by atomic mass is 10.00. The molecule has 0 radical (unpaired) electrons. The first kappa shape index (κ1) is 20.0. The van der Waals surface area contributed by atoms with Gasteiger partial charge in [-0.1, -0.05) is 6.92 Å². The van der Waals surface area contributed by atoms with Gasteiger partial charge < -0.3 is 9.64 Å². The smallest absolute Gasteiger partial charge is 0.410 e. The molecule has 0 aromatic carbocycles. The van der Waals surface area contributed by atoms with Crippen molar-refractivity contribution in [2.45, 2.75) is 52.6 Å². The molecule has 2 aromatic heterocycles. The summed E-state index contributed by atoms with van der Waals surface area (Å²) in [5.74, 6) is 0.932. The van der Waals surface area contributed by atoms with E-state index in [1.807, 2.05) is 25.7 Å². The summed E-state index contributed by atoms with van der Waals surface area (Å²) in [6.07, 6.45) is 2.13. The fraction of sp³-hybridized carbons (Fsp3) is 0.647. The van der Waals surface area contributed by atoms with E-state index in [2.05, 4.69) is 22.0 Å². The fourth-order valence-electron chi connectivity index (χ4n) is 2.37. The van der Waals surface area contributed by atoms with Gasteiger partial charge in [-0.25, -0.2) is 23.1 Å². The first-order valence-corrected chi connectivity index (χ1v) is 8.58. The Morgan fingerprint density at radius 1 is 1.31 bits per heavy atom. The molecule has 7 nitrogen and oxygen atoms in total. The van der Waals surface area contributed by atoms with Crippen LogP contribution in [0.15, 0.2) is 18.6 Å². The number of alkyl halides is 2. The minimum Gasteiger partial charge on any atom is -0.444 e.